The molecule has 2 aromatic carbocycles. The van der Waals surface area contributed by atoms with Crippen LogP contribution in [0.15, 0.2) is 42.5 Å². The average molecular weight is 285 g/mol. The number of phenolic OH excluding ortho intramolecular Hbond substituents is 1. The number of hydrogen-bond acceptors (Lipinski definition) is 2. The van der Waals surface area contributed by atoms with Gasteiger partial charge in [-0.15, -0.1) is 0 Å². The first-order valence-electron chi connectivity index (χ1n) is 7.08. The van der Waals surface area contributed by atoms with E-state index in [0.29, 0.717) is 5.69 Å². The molecule has 0 fully saturated rings. The zero-order valence-electron chi connectivity index (χ0n) is 12.4. The lowest BCUT2D eigenvalue weighted by atomic mass is 9.93. The fourth-order valence-corrected chi connectivity index (χ4v) is 2.31. The molecule has 0 radical (unpaired) electrons. The molecule has 0 spiro atoms. The number of nitrogens with two attached hydrogens (primary N) is 1. The van der Waals surface area contributed by atoms with Crippen LogP contribution in [0.5, 0.6) is 5.75 Å². The summed E-state index contributed by atoms with van der Waals surface area (Å²) >= 11 is 0. The second kappa shape index (κ2) is 6.44. The van der Waals surface area contributed by atoms with Crippen molar-refractivity contribution < 1.29 is 9.50 Å². The van der Waals surface area contributed by atoms with E-state index in [1.54, 1.807) is 18.2 Å². The Morgan fingerprint density at radius 3 is 2.62 bits per heavy atom. The second-order valence-electron chi connectivity index (χ2n) is 5.14. The SMILES string of the molecule is CCCC=C(c1ccc(N)c(O)c1)c1ccc(F)cc1C. The standard InChI is InChI=1S/C18H20FNO/c1-3-4-5-16(13-6-9-17(20)18(21)11-13)15-8-7-14(19)10-12(15)2/h5-11,21H,3-4,20H2,1-2H3. The van der Waals surface area contributed by atoms with Crippen molar-refractivity contribution in [2.24, 2.45) is 0 Å². The van der Waals surface area contributed by atoms with Crippen molar-refractivity contribution in [2.45, 2.75) is 26.7 Å². The van der Waals surface area contributed by atoms with Gasteiger partial charge in [0.05, 0.1) is 5.69 Å². The lowest BCUT2D eigenvalue weighted by Crippen LogP contribution is -1.94. The Kier molecular flexibility index (Phi) is 4.63. The van der Waals surface area contributed by atoms with E-state index in [4.69, 9.17) is 5.73 Å². The molecule has 0 aliphatic rings. The Labute approximate surface area is 124 Å². The van der Waals surface area contributed by atoms with Crippen LogP contribution in [-0.4, -0.2) is 5.11 Å². The molecule has 2 rings (SSSR count). The van der Waals surface area contributed by atoms with Crippen LogP contribution in [0.1, 0.15) is 36.5 Å². The van der Waals surface area contributed by atoms with Gasteiger partial charge in [-0.2, -0.15) is 0 Å². The number of hydrogen-bond donors (Lipinski definition) is 2. The number of phenols is 1. The summed E-state index contributed by atoms with van der Waals surface area (Å²) in [5.41, 5.74) is 9.72. The number of unbranched alkanes of at least 4 members (excludes halogenated alkanes) is 1. The lowest BCUT2D eigenvalue weighted by molar-refractivity contribution is 0.478. The molecule has 3 heteroatoms. The maximum absolute atomic E-state index is 13.3. The minimum atomic E-state index is -0.244. The Morgan fingerprint density at radius 1 is 1.24 bits per heavy atom. The van der Waals surface area contributed by atoms with Gasteiger partial charge in [0, 0.05) is 0 Å². The normalized spacial score (nSPS) is 11.7. The van der Waals surface area contributed by atoms with Gasteiger partial charge in [-0.25, -0.2) is 4.39 Å². The Morgan fingerprint density at radius 2 is 2.00 bits per heavy atom. The van der Waals surface area contributed by atoms with Crippen molar-refractivity contribution in [1.82, 2.24) is 0 Å². The van der Waals surface area contributed by atoms with Crippen molar-refractivity contribution in [3.8, 4) is 5.75 Å². The topological polar surface area (TPSA) is 46.2 Å². The van der Waals surface area contributed by atoms with E-state index in [-0.39, 0.29) is 11.6 Å². The molecule has 0 aliphatic carbocycles. The number of rotatable bonds is 4. The molecule has 0 aromatic heterocycles. The largest absolute Gasteiger partial charge is 0.506 e. The first kappa shape index (κ1) is 15.1. The van der Waals surface area contributed by atoms with Gasteiger partial charge in [-0.1, -0.05) is 31.6 Å². The third-order valence-electron chi connectivity index (χ3n) is 3.46. The van der Waals surface area contributed by atoms with E-state index in [1.807, 2.05) is 13.0 Å². The van der Waals surface area contributed by atoms with Crippen molar-refractivity contribution in [3.63, 3.8) is 0 Å². The molecular weight excluding hydrogens is 265 g/mol. The maximum atomic E-state index is 13.3. The summed E-state index contributed by atoms with van der Waals surface area (Å²) in [6.07, 6.45) is 4.05. The molecule has 0 heterocycles. The summed E-state index contributed by atoms with van der Waals surface area (Å²) in [5.74, 6) is -0.180. The van der Waals surface area contributed by atoms with Crippen molar-refractivity contribution >= 4 is 11.3 Å². The summed E-state index contributed by atoms with van der Waals surface area (Å²) in [6.45, 7) is 3.99. The predicted molar refractivity (Wildman–Crippen MR) is 85.6 cm³/mol. The molecule has 0 unspecified atom stereocenters. The Bertz CT molecular complexity index is 677. The molecule has 0 saturated carbocycles. The third kappa shape index (κ3) is 3.43. The number of anilines is 1. The maximum Gasteiger partial charge on any atom is 0.139 e. The zero-order chi connectivity index (χ0) is 15.4. The first-order valence-corrected chi connectivity index (χ1v) is 7.08. The summed E-state index contributed by atoms with van der Waals surface area (Å²) < 4.78 is 13.3. The molecule has 2 nitrogen and oxygen atoms in total. The summed E-state index contributed by atoms with van der Waals surface area (Å²) in [6, 6.07) is 9.97. The second-order valence-corrected chi connectivity index (χ2v) is 5.14. The van der Waals surface area contributed by atoms with Gasteiger partial charge in [0.1, 0.15) is 11.6 Å². The highest BCUT2D eigenvalue weighted by Gasteiger charge is 2.10. The van der Waals surface area contributed by atoms with Gasteiger partial charge < -0.3 is 10.8 Å². The molecule has 0 aliphatic heterocycles. The highest BCUT2D eigenvalue weighted by atomic mass is 19.1. The van der Waals surface area contributed by atoms with Crippen molar-refractivity contribution in [3.05, 3.63) is 65.0 Å². The molecule has 3 N–H and O–H groups in total. The van der Waals surface area contributed by atoms with Gasteiger partial charge >= 0.3 is 0 Å². The van der Waals surface area contributed by atoms with E-state index in [0.717, 1.165) is 35.1 Å². The highest BCUT2D eigenvalue weighted by Crippen LogP contribution is 2.31. The predicted octanol–water partition coefficient (Wildman–Crippen LogP) is 4.65. The molecule has 110 valence electrons. The molecular formula is C18H20FNO. The molecule has 21 heavy (non-hydrogen) atoms. The van der Waals surface area contributed by atoms with E-state index in [1.165, 1.54) is 12.1 Å². The molecule has 0 bridgehead atoms. The number of allylic oxidation sites excluding steroid dienone is 1. The summed E-state index contributed by atoms with van der Waals surface area (Å²) in [4.78, 5) is 0. The lowest BCUT2D eigenvalue weighted by Gasteiger charge is -2.13. The fourth-order valence-electron chi connectivity index (χ4n) is 2.31. The van der Waals surface area contributed by atoms with E-state index in [2.05, 4.69) is 13.0 Å². The minimum Gasteiger partial charge on any atom is -0.506 e. The zero-order valence-corrected chi connectivity index (χ0v) is 12.4. The van der Waals surface area contributed by atoms with Crippen LogP contribution in [0, 0.1) is 12.7 Å². The summed E-state index contributed by atoms with van der Waals surface area (Å²) in [5, 5.41) is 9.82. The first-order chi connectivity index (χ1) is 10.0. The van der Waals surface area contributed by atoms with Gasteiger partial charge in [0.2, 0.25) is 0 Å². The van der Waals surface area contributed by atoms with Gasteiger partial charge in [0.25, 0.3) is 0 Å². The van der Waals surface area contributed by atoms with Crippen molar-refractivity contribution in [2.75, 3.05) is 5.73 Å². The summed E-state index contributed by atoms with van der Waals surface area (Å²) in [7, 11) is 0. The van der Waals surface area contributed by atoms with Gasteiger partial charge in [-0.05, 0) is 59.9 Å². The Balaban J connectivity index is 2.55. The monoisotopic (exact) mass is 285 g/mol. The Hall–Kier alpha value is -2.29. The molecule has 0 amide bonds. The van der Waals surface area contributed by atoms with Crippen LogP contribution in [0.4, 0.5) is 10.1 Å². The molecule has 0 saturated heterocycles. The number of aryl methyl sites for hydroxylation is 1. The molecule has 2 aromatic rings. The number of nitrogen functional groups attached to an aromatic ring is 1. The highest BCUT2D eigenvalue weighted by molar-refractivity contribution is 5.82. The fraction of sp³-hybridized carbons (Fsp3) is 0.222. The van der Waals surface area contributed by atoms with Crippen molar-refractivity contribution in [1.29, 1.82) is 0 Å². The number of aromatic hydroxyl groups is 1. The van der Waals surface area contributed by atoms with Crippen LogP contribution in [0.25, 0.3) is 5.57 Å². The van der Waals surface area contributed by atoms with Crippen LogP contribution < -0.4 is 5.73 Å². The van der Waals surface area contributed by atoms with Crippen LogP contribution >= 0.6 is 0 Å². The quantitative estimate of drug-likeness (QED) is 0.634. The number of halogens is 1. The van der Waals surface area contributed by atoms with Crippen LogP contribution in [0.3, 0.4) is 0 Å². The van der Waals surface area contributed by atoms with E-state index < -0.39 is 0 Å². The van der Waals surface area contributed by atoms with Gasteiger partial charge in [-0.3, -0.25) is 0 Å². The van der Waals surface area contributed by atoms with Gasteiger partial charge in [0.15, 0.2) is 0 Å². The average Bonchev–Trinajstić information content (AvgIpc) is 2.44. The van der Waals surface area contributed by atoms with Crippen LogP contribution in [-0.2, 0) is 0 Å². The molecule has 0 atom stereocenters. The van der Waals surface area contributed by atoms with E-state index in [9.17, 15) is 9.50 Å². The minimum absolute atomic E-state index is 0.0645. The van der Waals surface area contributed by atoms with E-state index >= 15 is 0 Å². The third-order valence-corrected chi connectivity index (χ3v) is 3.46. The smallest absolute Gasteiger partial charge is 0.139 e. The van der Waals surface area contributed by atoms with Crippen LogP contribution in [0.2, 0.25) is 0 Å². The number of benzene rings is 2.